The second-order valence-electron chi connectivity index (χ2n) is 8.05. The third-order valence-electron chi connectivity index (χ3n) is 4.92. The number of nitrogens with one attached hydrogen (secondary N) is 1. The van der Waals surface area contributed by atoms with E-state index in [1.54, 1.807) is 0 Å². The van der Waals surface area contributed by atoms with Gasteiger partial charge in [0.2, 0.25) is 5.91 Å². The van der Waals surface area contributed by atoms with Gasteiger partial charge in [0.05, 0.1) is 10.6 Å². The van der Waals surface area contributed by atoms with Gasteiger partial charge >= 0.3 is 0 Å². The Morgan fingerprint density at radius 3 is 2.41 bits per heavy atom. The van der Waals surface area contributed by atoms with Gasteiger partial charge in [-0.1, -0.05) is 70.6 Å². The van der Waals surface area contributed by atoms with Crippen molar-refractivity contribution in [3.8, 4) is 11.1 Å². The minimum atomic E-state index is -0.411. The Hall–Kier alpha value is -2.12. The molecule has 154 valence electrons. The van der Waals surface area contributed by atoms with Crippen LogP contribution in [0.1, 0.15) is 51.5 Å². The summed E-state index contributed by atoms with van der Waals surface area (Å²) in [6, 6.07) is 8.43. The molecular formula is C22H27N3O2S2. The van der Waals surface area contributed by atoms with Crippen LogP contribution in [-0.2, 0) is 16.6 Å². The lowest BCUT2D eigenvalue weighted by Crippen LogP contribution is -2.25. The van der Waals surface area contributed by atoms with E-state index in [0.29, 0.717) is 21.8 Å². The number of aromatic nitrogens is 2. The molecular weight excluding hydrogens is 402 g/mol. The number of thiophene rings is 1. The second kappa shape index (κ2) is 8.32. The highest BCUT2D eigenvalue weighted by atomic mass is 32.2. The molecule has 0 fully saturated rings. The zero-order valence-corrected chi connectivity index (χ0v) is 19.1. The zero-order valence-electron chi connectivity index (χ0n) is 17.5. The quantitative estimate of drug-likeness (QED) is 0.432. The van der Waals surface area contributed by atoms with Gasteiger partial charge in [-0.05, 0) is 29.4 Å². The molecule has 2 heterocycles. The smallest absolute Gasteiger partial charge is 0.260 e. The van der Waals surface area contributed by atoms with Crippen molar-refractivity contribution in [1.29, 1.82) is 0 Å². The van der Waals surface area contributed by atoms with Crippen molar-refractivity contribution in [1.82, 2.24) is 9.97 Å². The summed E-state index contributed by atoms with van der Waals surface area (Å²) in [6.45, 7) is 10.5. The number of primary amides is 1. The van der Waals surface area contributed by atoms with E-state index in [0.717, 1.165) is 22.4 Å². The second-order valence-corrected chi connectivity index (χ2v) is 10.3. The van der Waals surface area contributed by atoms with Gasteiger partial charge in [0.15, 0.2) is 5.16 Å². The number of rotatable bonds is 6. The fourth-order valence-electron chi connectivity index (χ4n) is 3.26. The molecule has 1 atom stereocenters. The average molecular weight is 430 g/mol. The van der Waals surface area contributed by atoms with Crippen molar-refractivity contribution < 1.29 is 4.79 Å². The Balaban J connectivity index is 2.11. The Morgan fingerprint density at radius 1 is 1.24 bits per heavy atom. The lowest BCUT2D eigenvalue weighted by molar-refractivity contribution is -0.117. The summed E-state index contributed by atoms with van der Waals surface area (Å²) in [5.74, 6) is -0.403. The third kappa shape index (κ3) is 4.41. The van der Waals surface area contributed by atoms with Gasteiger partial charge in [0.25, 0.3) is 5.56 Å². The normalized spacial score (nSPS) is 13.0. The van der Waals surface area contributed by atoms with Gasteiger partial charge in [-0.3, -0.25) is 9.59 Å². The number of fused-ring (bicyclic) bond motifs is 1. The molecule has 1 amide bonds. The van der Waals surface area contributed by atoms with Gasteiger partial charge in [0, 0.05) is 10.4 Å². The molecule has 3 aromatic rings. The first-order chi connectivity index (χ1) is 13.7. The molecule has 0 radical (unpaired) electrons. The number of hydrogen-bond donors (Lipinski definition) is 2. The molecule has 0 aliphatic rings. The van der Waals surface area contributed by atoms with Gasteiger partial charge in [-0.15, -0.1) is 11.3 Å². The minimum Gasteiger partial charge on any atom is -0.369 e. The number of thioether (sulfide) groups is 1. The van der Waals surface area contributed by atoms with Crippen molar-refractivity contribution in [3.05, 3.63) is 45.1 Å². The molecule has 1 aromatic carbocycles. The number of carbonyl (C=O) groups excluding carboxylic acids is 1. The van der Waals surface area contributed by atoms with Crippen LogP contribution in [0.2, 0.25) is 0 Å². The lowest BCUT2D eigenvalue weighted by atomic mass is 9.86. The first-order valence-corrected chi connectivity index (χ1v) is 11.5. The van der Waals surface area contributed by atoms with E-state index in [9.17, 15) is 9.59 Å². The van der Waals surface area contributed by atoms with E-state index in [1.165, 1.54) is 28.7 Å². The van der Waals surface area contributed by atoms with Crippen LogP contribution in [0.4, 0.5) is 0 Å². The van der Waals surface area contributed by atoms with E-state index in [2.05, 4.69) is 61.9 Å². The highest BCUT2D eigenvalue weighted by Gasteiger charge is 2.21. The van der Waals surface area contributed by atoms with E-state index in [1.807, 2.05) is 6.92 Å². The predicted molar refractivity (Wildman–Crippen MR) is 123 cm³/mol. The summed E-state index contributed by atoms with van der Waals surface area (Å²) in [4.78, 5) is 33.8. The Morgan fingerprint density at radius 2 is 1.90 bits per heavy atom. The average Bonchev–Trinajstić information content (AvgIpc) is 3.04. The fourth-order valence-corrected chi connectivity index (χ4v) is 5.30. The molecule has 5 nitrogen and oxygen atoms in total. The van der Waals surface area contributed by atoms with Crippen LogP contribution in [0.5, 0.6) is 0 Å². The molecule has 0 saturated carbocycles. The largest absolute Gasteiger partial charge is 0.369 e. The number of nitrogens with two attached hydrogens (primary N) is 1. The minimum absolute atomic E-state index is 0.0736. The Kier molecular flexibility index (Phi) is 6.19. The van der Waals surface area contributed by atoms with Crippen LogP contribution in [-0.4, -0.2) is 21.1 Å². The van der Waals surface area contributed by atoms with E-state index < -0.39 is 11.2 Å². The molecule has 3 rings (SSSR count). The topological polar surface area (TPSA) is 88.8 Å². The van der Waals surface area contributed by atoms with Crippen molar-refractivity contribution in [2.75, 3.05) is 0 Å². The number of amides is 1. The van der Waals surface area contributed by atoms with Gasteiger partial charge < -0.3 is 10.7 Å². The molecule has 29 heavy (non-hydrogen) atoms. The van der Waals surface area contributed by atoms with Crippen molar-refractivity contribution in [2.45, 2.75) is 63.3 Å². The van der Waals surface area contributed by atoms with Gasteiger partial charge in [0.1, 0.15) is 4.83 Å². The first-order valence-electron chi connectivity index (χ1n) is 9.78. The van der Waals surface area contributed by atoms with Crippen LogP contribution >= 0.6 is 23.1 Å². The molecule has 0 saturated heterocycles. The highest BCUT2D eigenvalue weighted by molar-refractivity contribution is 8.00. The summed E-state index contributed by atoms with van der Waals surface area (Å²) in [6.07, 6.45) is 1.40. The van der Waals surface area contributed by atoms with Crippen LogP contribution in [0.15, 0.2) is 34.2 Å². The van der Waals surface area contributed by atoms with E-state index >= 15 is 0 Å². The molecule has 1 unspecified atom stereocenters. The van der Waals surface area contributed by atoms with Gasteiger partial charge in [-0.25, -0.2) is 4.98 Å². The van der Waals surface area contributed by atoms with Crippen LogP contribution in [0, 0.1) is 0 Å². The maximum atomic E-state index is 13.0. The molecule has 0 spiro atoms. The molecule has 3 N–H and O–H groups in total. The summed E-state index contributed by atoms with van der Waals surface area (Å²) in [5, 5.41) is 0.643. The molecule has 0 bridgehead atoms. The van der Waals surface area contributed by atoms with Crippen LogP contribution in [0.25, 0.3) is 21.3 Å². The first kappa shape index (κ1) is 21.6. The zero-order chi connectivity index (χ0) is 21.3. The number of benzene rings is 1. The van der Waals surface area contributed by atoms with E-state index in [-0.39, 0.29) is 11.0 Å². The number of aryl methyl sites for hydroxylation is 1. The molecule has 0 aliphatic heterocycles. The van der Waals surface area contributed by atoms with Crippen molar-refractivity contribution in [2.24, 2.45) is 5.73 Å². The number of hydrogen-bond acceptors (Lipinski definition) is 5. The number of H-pyrrole nitrogens is 1. The fraction of sp³-hybridized carbons (Fsp3) is 0.409. The highest BCUT2D eigenvalue weighted by Crippen LogP contribution is 2.38. The SMILES string of the molecule is CCc1sc2nc(SC(CC)C(N)=O)[nH]c(=O)c2c1-c1ccc(C(C)(C)C)cc1. The Bertz CT molecular complexity index is 1090. The standard InChI is InChI=1S/C22H27N3O2S2/c1-6-14-16(12-8-10-13(11-9-12)22(3,4)5)17-19(27)24-21(25-20(17)28-14)29-15(7-2)18(23)26/h8-11,15H,6-7H2,1-5H3,(H2,23,26)(H,24,25,27). The van der Waals surface area contributed by atoms with E-state index in [4.69, 9.17) is 5.73 Å². The summed E-state index contributed by atoms with van der Waals surface area (Å²) in [7, 11) is 0. The molecule has 0 aliphatic carbocycles. The summed E-state index contributed by atoms with van der Waals surface area (Å²) < 4.78 is 0. The van der Waals surface area contributed by atoms with Crippen molar-refractivity contribution in [3.63, 3.8) is 0 Å². The van der Waals surface area contributed by atoms with Crippen LogP contribution < -0.4 is 11.3 Å². The maximum Gasteiger partial charge on any atom is 0.260 e. The van der Waals surface area contributed by atoms with Gasteiger partial charge in [-0.2, -0.15) is 0 Å². The number of carbonyl (C=O) groups is 1. The van der Waals surface area contributed by atoms with Crippen LogP contribution in [0.3, 0.4) is 0 Å². The lowest BCUT2D eigenvalue weighted by Gasteiger charge is -2.19. The molecule has 2 aromatic heterocycles. The summed E-state index contributed by atoms with van der Waals surface area (Å²) >= 11 is 2.75. The van der Waals surface area contributed by atoms with Crippen molar-refractivity contribution >= 4 is 39.2 Å². The maximum absolute atomic E-state index is 13.0. The number of nitrogens with zero attached hydrogens (tertiary/aromatic N) is 1. The Labute approximate surface area is 179 Å². The monoisotopic (exact) mass is 429 g/mol. The third-order valence-corrected chi connectivity index (χ3v) is 7.41. The summed E-state index contributed by atoms with van der Waals surface area (Å²) in [5.41, 5.74) is 8.57. The number of aromatic amines is 1. The predicted octanol–water partition coefficient (Wildman–Crippen LogP) is 4.87. The molecule has 7 heteroatoms.